The maximum atomic E-state index is 11.9. The largest absolute Gasteiger partial charge is 0.430 e. The summed E-state index contributed by atoms with van der Waals surface area (Å²) in [5, 5.41) is 10.8. The summed E-state index contributed by atoms with van der Waals surface area (Å²) in [6.45, 7) is 0.233. The van der Waals surface area contributed by atoms with Crippen LogP contribution in [0.3, 0.4) is 0 Å². The molecule has 0 bridgehead atoms. The Balaban J connectivity index is 2.04. The number of carbonyl (C=O) groups excluding carboxylic acids is 1. The minimum atomic E-state index is -1.67. The Bertz CT molecular complexity index is 704. The lowest BCUT2D eigenvalue weighted by molar-refractivity contribution is -0.118. The molecule has 0 aliphatic heterocycles. The second-order valence-corrected chi connectivity index (χ2v) is 5.28. The van der Waals surface area contributed by atoms with Crippen molar-refractivity contribution in [1.82, 2.24) is 10.3 Å². The van der Waals surface area contributed by atoms with Crippen LogP contribution in [0.1, 0.15) is 6.42 Å². The molecule has 1 amide bonds. The molecule has 2 rings (SSSR count). The molecule has 8 heteroatoms. The van der Waals surface area contributed by atoms with Gasteiger partial charge < -0.3 is 15.5 Å². The Hall–Kier alpha value is -2.40. The number of amides is 1. The van der Waals surface area contributed by atoms with Crippen LogP contribution in [0, 0.1) is 11.3 Å². The second kappa shape index (κ2) is 6.16. The van der Waals surface area contributed by atoms with Gasteiger partial charge in [-0.2, -0.15) is 5.26 Å². The van der Waals surface area contributed by atoms with Gasteiger partial charge in [-0.1, -0.05) is 0 Å². The number of nitrogen functional groups attached to an aromatic ring is 1. The van der Waals surface area contributed by atoms with Crippen molar-refractivity contribution in [3.63, 3.8) is 0 Å². The topological polar surface area (TPSA) is 122 Å². The summed E-state index contributed by atoms with van der Waals surface area (Å²) in [5.74, 6) is -0.673. The number of nitrogens with zero attached hydrogens (tertiary/aromatic N) is 2. The van der Waals surface area contributed by atoms with Gasteiger partial charge in [0.1, 0.15) is 22.1 Å². The second-order valence-electron chi connectivity index (χ2n) is 3.95. The van der Waals surface area contributed by atoms with Gasteiger partial charge in [0.15, 0.2) is 5.58 Å². The third-order valence-corrected chi connectivity index (χ3v) is 3.50. The molecule has 0 aliphatic carbocycles. The first-order valence-electron chi connectivity index (χ1n) is 5.78. The van der Waals surface area contributed by atoms with Crippen LogP contribution in [0.25, 0.3) is 11.1 Å². The first kappa shape index (κ1) is 14.0. The molecule has 1 aromatic carbocycles. The van der Waals surface area contributed by atoms with E-state index in [4.69, 9.17) is 15.4 Å². The van der Waals surface area contributed by atoms with Crippen molar-refractivity contribution in [2.75, 3.05) is 18.0 Å². The van der Waals surface area contributed by atoms with Gasteiger partial charge in [-0.3, -0.25) is 4.79 Å². The molecule has 1 atom stereocenters. The third kappa shape index (κ3) is 3.33. The standard InChI is InChI=1S/C12H12N4O3S/c13-4-1-5-15-11(17)7-20(18)12-16-9-6-8(14)2-3-10(9)19-12/h2-3,6H,1,5,7,14H2,(H,15,17). The number of nitriles is 1. The Kier molecular flexibility index (Phi) is 4.32. The monoisotopic (exact) mass is 292 g/mol. The fraction of sp³-hybridized carbons (Fsp3) is 0.250. The number of hydrogen-bond donors (Lipinski definition) is 2. The Morgan fingerprint density at radius 1 is 1.55 bits per heavy atom. The molecule has 3 N–H and O–H groups in total. The predicted octanol–water partition coefficient (Wildman–Crippen LogP) is 0.547. The zero-order valence-corrected chi connectivity index (χ0v) is 11.3. The first-order valence-corrected chi connectivity index (χ1v) is 7.10. The van der Waals surface area contributed by atoms with E-state index >= 15 is 0 Å². The normalized spacial score (nSPS) is 11.9. The SMILES string of the molecule is N#CCCNC(=O)CS(=O)c1nc2cc(N)ccc2o1. The average Bonchev–Trinajstić information content (AvgIpc) is 2.82. The van der Waals surface area contributed by atoms with Crippen LogP contribution in [0.5, 0.6) is 0 Å². The molecule has 7 nitrogen and oxygen atoms in total. The van der Waals surface area contributed by atoms with Crippen molar-refractivity contribution >= 4 is 33.5 Å². The van der Waals surface area contributed by atoms with Crippen molar-refractivity contribution in [3.8, 4) is 6.07 Å². The molecule has 104 valence electrons. The van der Waals surface area contributed by atoms with Crippen molar-refractivity contribution < 1.29 is 13.4 Å². The number of anilines is 1. The van der Waals surface area contributed by atoms with Crippen LogP contribution in [-0.2, 0) is 15.6 Å². The quantitative estimate of drug-likeness (QED) is 0.613. The lowest BCUT2D eigenvalue weighted by Crippen LogP contribution is -2.29. The Morgan fingerprint density at radius 2 is 2.35 bits per heavy atom. The highest BCUT2D eigenvalue weighted by Crippen LogP contribution is 2.20. The molecule has 0 aliphatic rings. The van der Waals surface area contributed by atoms with E-state index in [1.165, 1.54) is 0 Å². The van der Waals surface area contributed by atoms with E-state index in [0.717, 1.165) is 0 Å². The first-order chi connectivity index (χ1) is 9.60. The molecule has 2 aromatic rings. The maximum Gasteiger partial charge on any atom is 0.288 e. The van der Waals surface area contributed by atoms with E-state index in [1.54, 1.807) is 18.2 Å². The number of oxazole rings is 1. The summed E-state index contributed by atoms with van der Waals surface area (Å²) in [7, 11) is -1.67. The zero-order valence-electron chi connectivity index (χ0n) is 10.5. The fourth-order valence-electron chi connectivity index (χ4n) is 1.51. The molecule has 1 unspecified atom stereocenters. The smallest absolute Gasteiger partial charge is 0.288 e. The summed E-state index contributed by atoms with van der Waals surface area (Å²) in [6.07, 6.45) is 0.209. The molecule has 1 heterocycles. The van der Waals surface area contributed by atoms with Gasteiger partial charge in [0.05, 0.1) is 12.5 Å². The molecule has 0 saturated heterocycles. The number of fused-ring (bicyclic) bond motifs is 1. The number of rotatable bonds is 5. The molecular formula is C12H12N4O3S. The van der Waals surface area contributed by atoms with E-state index in [1.807, 2.05) is 6.07 Å². The highest BCUT2D eigenvalue weighted by atomic mass is 32.2. The van der Waals surface area contributed by atoms with E-state index in [0.29, 0.717) is 16.8 Å². The van der Waals surface area contributed by atoms with Crippen LogP contribution in [0.15, 0.2) is 27.8 Å². The summed E-state index contributed by atoms with van der Waals surface area (Å²) in [5.41, 5.74) is 7.10. The minimum absolute atomic E-state index is 0.0129. The molecule has 0 saturated carbocycles. The molecular weight excluding hydrogens is 280 g/mol. The summed E-state index contributed by atoms with van der Waals surface area (Å²) in [4.78, 5) is 15.5. The fourth-order valence-corrected chi connectivity index (χ4v) is 2.36. The summed E-state index contributed by atoms with van der Waals surface area (Å²) >= 11 is 0. The average molecular weight is 292 g/mol. The van der Waals surface area contributed by atoms with Crippen LogP contribution < -0.4 is 11.1 Å². The summed E-state index contributed by atoms with van der Waals surface area (Å²) < 4.78 is 17.3. The molecule has 0 radical (unpaired) electrons. The van der Waals surface area contributed by atoms with Crippen LogP contribution in [-0.4, -0.2) is 27.4 Å². The van der Waals surface area contributed by atoms with Crippen LogP contribution in [0.2, 0.25) is 0 Å². The number of nitrogens with one attached hydrogen (secondary N) is 1. The summed E-state index contributed by atoms with van der Waals surface area (Å²) in [6, 6.07) is 6.78. The van der Waals surface area contributed by atoms with E-state index in [9.17, 15) is 9.00 Å². The number of aromatic nitrogens is 1. The van der Waals surface area contributed by atoms with Crippen LogP contribution in [0.4, 0.5) is 5.69 Å². The van der Waals surface area contributed by atoms with Crippen molar-refractivity contribution in [1.29, 1.82) is 5.26 Å². The van der Waals surface area contributed by atoms with Crippen molar-refractivity contribution in [2.24, 2.45) is 0 Å². The zero-order chi connectivity index (χ0) is 14.5. The van der Waals surface area contributed by atoms with Gasteiger partial charge >= 0.3 is 0 Å². The van der Waals surface area contributed by atoms with Gasteiger partial charge in [0.2, 0.25) is 5.91 Å². The molecule has 0 spiro atoms. The molecule has 0 fully saturated rings. The number of benzene rings is 1. The molecule has 1 aromatic heterocycles. The number of nitrogens with two attached hydrogens (primary N) is 1. The highest BCUT2D eigenvalue weighted by Gasteiger charge is 2.16. The lowest BCUT2D eigenvalue weighted by atomic mass is 10.3. The van der Waals surface area contributed by atoms with E-state index in [-0.39, 0.29) is 23.9 Å². The van der Waals surface area contributed by atoms with Gasteiger partial charge in [-0.15, -0.1) is 0 Å². The maximum absolute atomic E-state index is 11.9. The van der Waals surface area contributed by atoms with Crippen molar-refractivity contribution in [3.05, 3.63) is 18.2 Å². The van der Waals surface area contributed by atoms with Gasteiger partial charge in [-0.25, -0.2) is 9.19 Å². The minimum Gasteiger partial charge on any atom is -0.430 e. The van der Waals surface area contributed by atoms with Gasteiger partial charge in [-0.05, 0) is 18.2 Å². The van der Waals surface area contributed by atoms with E-state index in [2.05, 4.69) is 10.3 Å². The number of carbonyl (C=O) groups is 1. The van der Waals surface area contributed by atoms with E-state index < -0.39 is 16.7 Å². The Morgan fingerprint density at radius 3 is 3.10 bits per heavy atom. The van der Waals surface area contributed by atoms with Gasteiger partial charge in [0.25, 0.3) is 5.22 Å². The third-order valence-electron chi connectivity index (χ3n) is 2.41. The predicted molar refractivity (Wildman–Crippen MR) is 72.9 cm³/mol. The van der Waals surface area contributed by atoms with Crippen molar-refractivity contribution in [2.45, 2.75) is 11.6 Å². The number of hydrogen-bond acceptors (Lipinski definition) is 6. The van der Waals surface area contributed by atoms with Gasteiger partial charge in [0, 0.05) is 12.2 Å². The molecule has 20 heavy (non-hydrogen) atoms. The van der Waals surface area contributed by atoms with Crippen LogP contribution >= 0.6 is 0 Å². The highest BCUT2D eigenvalue weighted by molar-refractivity contribution is 7.85. The Labute approximate surface area is 117 Å². The lowest BCUT2D eigenvalue weighted by Gasteiger charge is -2.00.